The van der Waals surface area contributed by atoms with Crippen molar-refractivity contribution in [3.05, 3.63) is 41.5 Å². The molecular formula is C15H18FN5O2. The van der Waals surface area contributed by atoms with Gasteiger partial charge in [0.05, 0.1) is 37.8 Å². The summed E-state index contributed by atoms with van der Waals surface area (Å²) in [4.78, 5) is 16.3. The number of carbonyl (C=O) groups is 1. The first-order valence-electron chi connectivity index (χ1n) is 7.42. The molecule has 0 unspecified atom stereocenters. The van der Waals surface area contributed by atoms with Crippen LogP contribution in [0.5, 0.6) is 0 Å². The van der Waals surface area contributed by atoms with Crippen molar-refractivity contribution in [1.29, 1.82) is 0 Å². The van der Waals surface area contributed by atoms with Crippen LogP contribution in [0.3, 0.4) is 0 Å². The minimum Gasteiger partial charge on any atom is -0.376 e. The summed E-state index contributed by atoms with van der Waals surface area (Å²) in [7, 11) is 0. The third kappa shape index (κ3) is 4.04. The quantitative estimate of drug-likeness (QED) is 0.878. The number of amides is 2. The number of aromatic nitrogens is 3. The molecule has 0 fully saturated rings. The fraction of sp³-hybridized carbons (Fsp3) is 0.400. The molecule has 0 radical (unpaired) electrons. The molecule has 23 heavy (non-hydrogen) atoms. The van der Waals surface area contributed by atoms with Gasteiger partial charge in [-0.05, 0) is 6.07 Å². The van der Waals surface area contributed by atoms with Gasteiger partial charge in [0, 0.05) is 36.0 Å². The second-order valence-corrected chi connectivity index (χ2v) is 5.24. The lowest BCUT2D eigenvalue weighted by atomic mass is 10.1. The molecule has 3 heterocycles. The Bertz CT molecular complexity index is 688. The van der Waals surface area contributed by atoms with Crippen LogP contribution < -0.4 is 10.6 Å². The third-order valence-corrected chi connectivity index (χ3v) is 3.51. The van der Waals surface area contributed by atoms with E-state index in [1.54, 1.807) is 18.6 Å². The van der Waals surface area contributed by atoms with Gasteiger partial charge in [-0.3, -0.25) is 9.67 Å². The molecular weight excluding hydrogens is 301 g/mol. The standard InChI is InChI=1S/C15H18FN5O2/c16-2-3-21-9-11(7-19-21)6-18-15(22)20-13-5-12-10-23-4-1-14(12)17-8-13/h5,7-9H,1-4,6,10H2,(H2,18,20,22). The van der Waals surface area contributed by atoms with Crippen LogP contribution in [-0.4, -0.2) is 34.1 Å². The summed E-state index contributed by atoms with van der Waals surface area (Å²) in [6, 6.07) is 1.54. The van der Waals surface area contributed by atoms with Crippen LogP contribution in [0.2, 0.25) is 0 Å². The summed E-state index contributed by atoms with van der Waals surface area (Å²) in [6.45, 7) is 1.27. The minimum atomic E-state index is -0.468. The van der Waals surface area contributed by atoms with E-state index in [9.17, 15) is 9.18 Å². The van der Waals surface area contributed by atoms with Crippen LogP contribution in [0.1, 0.15) is 16.8 Å². The summed E-state index contributed by atoms with van der Waals surface area (Å²) in [5.41, 5.74) is 3.45. The number of halogens is 1. The SMILES string of the molecule is O=C(NCc1cnn(CCF)c1)Nc1cnc2c(c1)COCC2. The zero-order chi connectivity index (χ0) is 16.1. The predicted molar refractivity (Wildman–Crippen MR) is 81.7 cm³/mol. The average molecular weight is 319 g/mol. The Hall–Kier alpha value is -2.48. The van der Waals surface area contributed by atoms with E-state index in [1.807, 2.05) is 6.07 Å². The van der Waals surface area contributed by atoms with E-state index < -0.39 is 6.67 Å². The molecule has 1 aliphatic heterocycles. The zero-order valence-corrected chi connectivity index (χ0v) is 12.6. The van der Waals surface area contributed by atoms with Crippen LogP contribution in [-0.2, 0) is 30.9 Å². The van der Waals surface area contributed by atoms with Gasteiger partial charge < -0.3 is 15.4 Å². The van der Waals surface area contributed by atoms with Gasteiger partial charge in [0.25, 0.3) is 0 Å². The number of ether oxygens (including phenoxy) is 1. The van der Waals surface area contributed by atoms with Gasteiger partial charge in [0.2, 0.25) is 0 Å². The summed E-state index contributed by atoms with van der Waals surface area (Å²) < 4.78 is 19.1. The van der Waals surface area contributed by atoms with Gasteiger partial charge in [-0.25, -0.2) is 9.18 Å². The molecule has 7 nitrogen and oxygen atoms in total. The van der Waals surface area contributed by atoms with Crippen LogP contribution in [0.4, 0.5) is 14.9 Å². The molecule has 0 saturated carbocycles. The molecule has 0 saturated heterocycles. The van der Waals surface area contributed by atoms with Gasteiger partial charge in [-0.15, -0.1) is 0 Å². The summed E-state index contributed by atoms with van der Waals surface area (Å²) in [5, 5.41) is 9.46. The summed E-state index contributed by atoms with van der Waals surface area (Å²) >= 11 is 0. The number of alkyl halides is 1. The van der Waals surface area contributed by atoms with Crippen molar-refractivity contribution in [3.8, 4) is 0 Å². The Balaban J connectivity index is 1.52. The lowest BCUT2D eigenvalue weighted by Gasteiger charge is -2.16. The number of carbonyl (C=O) groups excluding carboxylic acids is 1. The van der Waals surface area contributed by atoms with Crippen LogP contribution in [0, 0.1) is 0 Å². The second kappa shape index (κ2) is 7.19. The molecule has 122 valence electrons. The highest BCUT2D eigenvalue weighted by Gasteiger charge is 2.12. The molecule has 1 aliphatic rings. The van der Waals surface area contributed by atoms with Gasteiger partial charge in [-0.2, -0.15) is 5.10 Å². The maximum Gasteiger partial charge on any atom is 0.319 e. The highest BCUT2D eigenvalue weighted by atomic mass is 19.1. The van der Waals surface area contributed by atoms with E-state index in [1.165, 1.54) is 4.68 Å². The monoisotopic (exact) mass is 319 g/mol. The number of pyridine rings is 1. The first-order chi connectivity index (χ1) is 11.2. The van der Waals surface area contributed by atoms with E-state index in [0.29, 0.717) is 25.4 Å². The maximum absolute atomic E-state index is 12.2. The number of fused-ring (bicyclic) bond motifs is 1. The lowest BCUT2D eigenvalue weighted by molar-refractivity contribution is 0.109. The van der Waals surface area contributed by atoms with E-state index in [4.69, 9.17) is 4.74 Å². The number of rotatable bonds is 5. The fourth-order valence-electron chi connectivity index (χ4n) is 2.37. The average Bonchev–Trinajstić information content (AvgIpc) is 3.01. The van der Waals surface area contributed by atoms with Crippen molar-refractivity contribution in [1.82, 2.24) is 20.1 Å². The predicted octanol–water partition coefficient (Wildman–Crippen LogP) is 1.64. The number of nitrogens with one attached hydrogen (secondary N) is 2. The third-order valence-electron chi connectivity index (χ3n) is 3.51. The summed E-state index contributed by atoms with van der Waals surface area (Å²) in [5.74, 6) is 0. The van der Waals surface area contributed by atoms with Gasteiger partial charge in [-0.1, -0.05) is 0 Å². The molecule has 3 rings (SSSR count). The summed E-state index contributed by atoms with van der Waals surface area (Å²) in [6.07, 6.45) is 5.75. The molecule has 2 N–H and O–H groups in total. The van der Waals surface area contributed by atoms with E-state index in [2.05, 4.69) is 20.7 Å². The molecule has 0 bridgehead atoms. The number of aryl methyl sites for hydroxylation is 1. The molecule has 2 aromatic heterocycles. The molecule has 0 spiro atoms. The highest BCUT2D eigenvalue weighted by molar-refractivity contribution is 5.89. The van der Waals surface area contributed by atoms with Crippen LogP contribution in [0.15, 0.2) is 24.7 Å². The van der Waals surface area contributed by atoms with Crippen molar-refractivity contribution in [2.24, 2.45) is 0 Å². The minimum absolute atomic E-state index is 0.217. The van der Waals surface area contributed by atoms with Crippen molar-refractivity contribution < 1.29 is 13.9 Å². The van der Waals surface area contributed by atoms with Crippen molar-refractivity contribution in [3.63, 3.8) is 0 Å². The molecule has 8 heteroatoms. The van der Waals surface area contributed by atoms with E-state index in [-0.39, 0.29) is 12.6 Å². The molecule has 0 atom stereocenters. The van der Waals surface area contributed by atoms with Gasteiger partial charge >= 0.3 is 6.03 Å². The van der Waals surface area contributed by atoms with Crippen molar-refractivity contribution in [2.75, 3.05) is 18.6 Å². The number of hydrogen-bond acceptors (Lipinski definition) is 4. The number of nitrogens with zero attached hydrogens (tertiary/aromatic N) is 3. The Kier molecular flexibility index (Phi) is 4.82. The highest BCUT2D eigenvalue weighted by Crippen LogP contribution is 2.18. The molecule has 0 aliphatic carbocycles. The smallest absolute Gasteiger partial charge is 0.319 e. The van der Waals surface area contributed by atoms with Crippen LogP contribution in [0.25, 0.3) is 0 Å². The Morgan fingerprint density at radius 1 is 1.43 bits per heavy atom. The maximum atomic E-state index is 12.2. The Labute approximate surface area is 132 Å². The number of anilines is 1. The van der Waals surface area contributed by atoms with E-state index >= 15 is 0 Å². The number of hydrogen-bond donors (Lipinski definition) is 2. The largest absolute Gasteiger partial charge is 0.376 e. The number of urea groups is 1. The second-order valence-electron chi connectivity index (χ2n) is 5.24. The van der Waals surface area contributed by atoms with Crippen molar-refractivity contribution >= 4 is 11.7 Å². The van der Waals surface area contributed by atoms with Gasteiger partial charge in [0.15, 0.2) is 0 Å². The zero-order valence-electron chi connectivity index (χ0n) is 12.6. The molecule has 2 amide bonds. The normalized spacial score (nSPS) is 13.4. The first-order valence-corrected chi connectivity index (χ1v) is 7.42. The van der Waals surface area contributed by atoms with E-state index in [0.717, 1.165) is 23.2 Å². The fourth-order valence-corrected chi connectivity index (χ4v) is 2.37. The van der Waals surface area contributed by atoms with Gasteiger partial charge in [0.1, 0.15) is 6.67 Å². The first kappa shape index (κ1) is 15.4. The van der Waals surface area contributed by atoms with Crippen molar-refractivity contribution in [2.45, 2.75) is 26.1 Å². The lowest BCUT2D eigenvalue weighted by Crippen LogP contribution is -2.28. The molecule has 2 aromatic rings. The topological polar surface area (TPSA) is 81.1 Å². The molecule has 0 aromatic carbocycles. The Morgan fingerprint density at radius 2 is 2.35 bits per heavy atom. The Morgan fingerprint density at radius 3 is 3.22 bits per heavy atom. The van der Waals surface area contributed by atoms with Crippen LogP contribution >= 0.6 is 0 Å².